The molecule has 0 aliphatic rings. The van der Waals surface area contributed by atoms with E-state index in [0.717, 1.165) is 10.8 Å². The Bertz CT molecular complexity index is 487. The number of rotatable bonds is 2. The predicted molar refractivity (Wildman–Crippen MR) is 60.3 cm³/mol. The summed E-state index contributed by atoms with van der Waals surface area (Å²) in [7, 11) is -1.26. The van der Waals surface area contributed by atoms with Gasteiger partial charge >= 0.3 is 0 Å². The molecule has 1 atom stereocenters. The maximum atomic E-state index is 11.4. The summed E-state index contributed by atoms with van der Waals surface area (Å²) in [5.74, 6) is 0. The van der Waals surface area contributed by atoms with Gasteiger partial charge in [0.15, 0.2) is 0 Å². The van der Waals surface area contributed by atoms with Gasteiger partial charge in [-0.1, -0.05) is 18.9 Å². The standard InChI is InChI=1S/C9H8N2OS2/c12-14(11-13)9-2-1-7-3-4-10-6-8(7)5-9/h1-6,11,13H. The average molecular weight is 224 g/mol. The van der Waals surface area contributed by atoms with Crippen LogP contribution in [0.15, 0.2) is 41.6 Å². The van der Waals surface area contributed by atoms with E-state index in [1.165, 1.54) is 0 Å². The lowest BCUT2D eigenvalue weighted by Crippen LogP contribution is -2.04. The lowest BCUT2D eigenvalue weighted by Gasteiger charge is -2.01. The van der Waals surface area contributed by atoms with Gasteiger partial charge in [0.1, 0.15) is 11.0 Å². The number of fused-ring (bicyclic) bond motifs is 1. The van der Waals surface area contributed by atoms with E-state index >= 15 is 0 Å². The van der Waals surface area contributed by atoms with Gasteiger partial charge in [-0.05, 0) is 23.6 Å². The quantitative estimate of drug-likeness (QED) is 0.762. The third-order valence-electron chi connectivity index (χ3n) is 1.91. The Morgan fingerprint density at radius 3 is 2.93 bits per heavy atom. The molecule has 0 aliphatic heterocycles. The second-order valence-electron chi connectivity index (χ2n) is 2.74. The normalized spacial score (nSPS) is 12.9. The van der Waals surface area contributed by atoms with Gasteiger partial charge in [-0.15, -0.1) is 0 Å². The van der Waals surface area contributed by atoms with Crippen LogP contribution in [-0.2, 0) is 11.0 Å². The minimum absolute atomic E-state index is 0.695. The highest BCUT2D eigenvalue weighted by molar-refractivity contribution is 7.96. The summed E-state index contributed by atoms with van der Waals surface area (Å²) in [6.07, 6.45) is 3.48. The van der Waals surface area contributed by atoms with Crippen LogP contribution < -0.4 is 4.13 Å². The molecule has 0 amide bonds. The highest BCUT2D eigenvalue weighted by atomic mass is 32.2. The molecule has 0 saturated heterocycles. The molecule has 2 rings (SSSR count). The minimum atomic E-state index is -1.26. The molecule has 0 fully saturated rings. The first-order valence-corrected chi connectivity index (χ1v) is 5.56. The van der Waals surface area contributed by atoms with Crippen LogP contribution in [0.4, 0.5) is 0 Å². The molecule has 1 N–H and O–H groups in total. The van der Waals surface area contributed by atoms with Crippen molar-refractivity contribution in [1.82, 2.24) is 9.11 Å². The lowest BCUT2D eigenvalue weighted by atomic mass is 10.2. The SMILES string of the molecule is O=S(NS)c1ccc2ccncc2c1. The molecule has 0 spiro atoms. The number of benzene rings is 1. The number of pyridine rings is 1. The van der Waals surface area contributed by atoms with Crippen molar-refractivity contribution >= 4 is 34.6 Å². The van der Waals surface area contributed by atoms with E-state index in [2.05, 4.69) is 21.9 Å². The number of hydrogen-bond donors (Lipinski definition) is 2. The van der Waals surface area contributed by atoms with E-state index in [1.807, 2.05) is 24.3 Å². The van der Waals surface area contributed by atoms with Gasteiger partial charge in [0.2, 0.25) is 0 Å². The van der Waals surface area contributed by atoms with Crippen LogP contribution in [0.1, 0.15) is 0 Å². The van der Waals surface area contributed by atoms with Crippen molar-refractivity contribution in [3.8, 4) is 0 Å². The largest absolute Gasteiger partial charge is 0.264 e. The zero-order valence-electron chi connectivity index (χ0n) is 7.18. The van der Waals surface area contributed by atoms with Gasteiger partial charge < -0.3 is 0 Å². The second kappa shape index (κ2) is 4.08. The van der Waals surface area contributed by atoms with Gasteiger partial charge in [0, 0.05) is 17.8 Å². The fourth-order valence-corrected chi connectivity index (χ4v) is 2.08. The van der Waals surface area contributed by atoms with E-state index in [-0.39, 0.29) is 0 Å². The number of thiol groups is 1. The molecule has 1 aromatic carbocycles. The van der Waals surface area contributed by atoms with Crippen LogP contribution in [-0.4, -0.2) is 9.19 Å². The van der Waals surface area contributed by atoms with E-state index in [0.29, 0.717) is 4.90 Å². The number of nitrogens with zero attached hydrogens (tertiary/aromatic N) is 1. The molecule has 14 heavy (non-hydrogen) atoms. The molecule has 1 heterocycles. The third-order valence-corrected chi connectivity index (χ3v) is 3.25. The maximum absolute atomic E-state index is 11.4. The zero-order valence-corrected chi connectivity index (χ0v) is 8.89. The molecule has 1 aromatic heterocycles. The Morgan fingerprint density at radius 1 is 1.29 bits per heavy atom. The highest BCUT2D eigenvalue weighted by Gasteiger charge is 2.01. The van der Waals surface area contributed by atoms with Crippen molar-refractivity contribution in [3.05, 3.63) is 36.7 Å². The lowest BCUT2D eigenvalue weighted by molar-refractivity contribution is 0.682. The first-order valence-electron chi connectivity index (χ1n) is 3.96. The van der Waals surface area contributed by atoms with Crippen LogP contribution in [0, 0.1) is 0 Å². The fourth-order valence-electron chi connectivity index (χ4n) is 1.23. The number of nitrogens with one attached hydrogen (secondary N) is 1. The zero-order chi connectivity index (χ0) is 9.97. The molecule has 0 radical (unpaired) electrons. The van der Waals surface area contributed by atoms with Crippen molar-refractivity contribution in [2.45, 2.75) is 4.90 Å². The first-order chi connectivity index (χ1) is 6.81. The summed E-state index contributed by atoms with van der Waals surface area (Å²) < 4.78 is 13.8. The smallest absolute Gasteiger partial charge is 0.134 e. The van der Waals surface area contributed by atoms with Gasteiger partial charge in [-0.3, -0.25) is 4.98 Å². The number of hydrogen-bond acceptors (Lipinski definition) is 3. The summed E-state index contributed by atoms with van der Waals surface area (Å²) >= 11 is 3.76. The molecule has 5 heteroatoms. The second-order valence-corrected chi connectivity index (χ2v) is 4.48. The van der Waals surface area contributed by atoms with E-state index in [4.69, 9.17) is 0 Å². The molecule has 0 saturated carbocycles. The number of aromatic nitrogens is 1. The summed E-state index contributed by atoms with van der Waals surface area (Å²) in [4.78, 5) is 4.70. The Morgan fingerprint density at radius 2 is 2.14 bits per heavy atom. The molecule has 72 valence electrons. The summed E-state index contributed by atoms with van der Waals surface area (Å²) in [6.45, 7) is 0. The highest BCUT2D eigenvalue weighted by Crippen LogP contribution is 2.16. The van der Waals surface area contributed by atoms with Crippen LogP contribution in [0.5, 0.6) is 0 Å². The minimum Gasteiger partial charge on any atom is -0.264 e. The van der Waals surface area contributed by atoms with Crippen LogP contribution in [0.2, 0.25) is 0 Å². The van der Waals surface area contributed by atoms with Crippen molar-refractivity contribution in [1.29, 1.82) is 0 Å². The molecule has 1 unspecified atom stereocenters. The van der Waals surface area contributed by atoms with E-state index in [9.17, 15) is 4.21 Å². The van der Waals surface area contributed by atoms with E-state index < -0.39 is 11.0 Å². The van der Waals surface area contributed by atoms with E-state index in [1.54, 1.807) is 12.4 Å². The van der Waals surface area contributed by atoms with Crippen LogP contribution in [0.3, 0.4) is 0 Å². The Labute approximate surface area is 89.7 Å². The topological polar surface area (TPSA) is 42.0 Å². The molecule has 0 aliphatic carbocycles. The molecular formula is C9H8N2OS2. The Hall–Kier alpha value is -0.910. The van der Waals surface area contributed by atoms with Crippen LogP contribution >= 0.6 is 12.8 Å². The predicted octanol–water partition coefficient (Wildman–Crippen LogP) is 1.69. The average Bonchev–Trinajstić information content (AvgIpc) is 2.27. The fraction of sp³-hybridized carbons (Fsp3) is 0. The molecule has 0 bridgehead atoms. The first kappa shape index (κ1) is 9.64. The molecular weight excluding hydrogens is 216 g/mol. The summed E-state index contributed by atoms with van der Waals surface area (Å²) in [6, 6.07) is 7.47. The van der Waals surface area contributed by atoms with Gasteiger partial charge in [0.05, 0.1) is 4.90 Å². The molecule has 3 nitrogen and oxygen atoms in total. The van der Waals surface area contributed by atoms with Gasteiger partial charge in [0.25, 0.3) is 0 Å². The Balaban J connectivity index is 2.56. The monoisotopic (exact) mass is 224 g/mol. The van der Waals surface area contributed by atoms with Crippen LogP contribution in [0.25, 0.3) is 10.8 Å². The van der Waals surface area contributed by atoms with Crippen molar-refractivity contribution in [3.63, 3.8) is 0 Å². The summed E-state index contributed by atoms with van der Waals surface area (Å²) in [5, 5.41) is 2.06. The molecule has 2 aromatic rings. The van der Waals surface area contributed by atoms with Gasteiger partial charge in [-0.25, -0.2) is 4.21 Å². The maximum Gasteiger partial charge on any atom is 0.134 e. The van der Waals surface area contributed by atoms with Crippen molar-refractivity contribution in [2.24, 2.45) is 0 Å². The van der Waals surface area contributed by atoms with Crippen molar-refractivity contribution < 1.29 is 4.21 Å². The Kier molecular flexibility index (Phi) is 2.81. The third kappa shape index (κ3) is 1.79. The van der Waals surface area contributed by atoms with Crippen molar-refractivity contribution in [2.75, 3.05) is 0 Å². The van der Waals surface area contributed by atoms with Gasteiger partial charge in [-0.2, -0.15) is 4.13 Å². The summed E-state index contributed by atoms with van der Waals surface area (Å²) in [5.41, 5.74) is 0.